The van der Waals surface area contributed by atoms with Crippen molar-refractivity contribution >= 4 is 46.6 Å². The summed E-state index contributed by atoms with van der Waals surface area (Å²) < 4.78 is 0. The molecular formula is C22H28Cl2N4O2. The normalized spacial score (nSPS) is 10.4. The van der Waals surface area contributed by atoms with Crippen molar-refractivity contribution in [3.63, 3.8) is 0 Å². The third kappa shape index (κ3) is 8.51. The number of aryl methyl sites for hydroxylation is 2. The number of halogens is 2. The molecule has 6 nitrogen and oxygen atoms in total. The van der Waals surface area contributed by atoms with E-state index in [0.29, 0.717) is 34.5 Å². The first-order chi connectivity index (χ1) is 14.3. The van der Waals surface area contributed by atoms with Gasteiger partial charge in [-0.3, -0.25) is 0 Å². The van der Waals surface area contributed by atoms with E-state index in [-0.39, 0.29) is 12.1 Å². The highest BCUT2D eigenvalue weighted by molar-refractivity contribution is 6.32. The van der Waals surface area contributed by atoms with E-state index in [0.717, 1.165) is 36.8 Å². The average molecular weight is 451 g/mol. The Morgan fingerprint density at radius 1 is 0.700 bits per heavy atom. The van der Waals surface area contributed by atoms with Gasteiger partial charge < -0.3 is 21.3 Å². The smallest absolute Gasteiger partial charge is 0.319 e. The van der Waals surface area contributed by atoms with Crippen LogP contribution in [-0.4, -0.2) is 25.2 Å². The molecule has 0 unspecified atom stereocenters. The van der Waals surface area contributed by atoms with E-state index >= 15 is 0 Å². The molecular weight excluding hydrogens is 423 g/mol. The van der Waals surface area contributed by atoms with Crippen LogP contribution in [-0.2, 0) is 0 Å². The third-order valence-corrected chi connectivity index (χ3v) is 5.35. The average Bonchev–Trinajstić information content (AvgIpc) is 2.69. The largest absolute Gasteiger partial charge is 0.338 e. The van der Waals surface area contributed by atoms with Crippen LogP contribution in [0.3, 0.4) is 0 Å². The monoisotopic (exact) mass is 450 g/mol. The van der Waals surface area contributed by atoms with Gasteiger partial charge in [0, 0.05) is 34.5 Å². The van der Waals surface area contributed by atoms with Gasteiger partial charge in [0.1, 0.15) is 0 Å². The summed E-state index contributed by atoms with van der Waals surface area (Å²) in [4.78, 5) is 23.8. The number of hydrogen-bond acceptors (Lipinski definition) is 2. The Morgan fingerprint density at radius 2 is 1.10 bits per heavy atom. The number of anilines is 2. The Balaban J connectivity index is 1.50. The number of nitrogens with one attached hydrogen (secondary N) is 4. The molecule has 0 saturated carbocycles. The van der Waals surface area contributed by atoms with Crippen molar-refractivity contribution in [3.8, 4) is 0 Å². The second kappa shape index (κ2) is 12.3. The molecule has 162 valence electrons. The summed E-state index contributed by atoms with van der Waals surface area (Å²) in [5, 5.41) is 12.4. The molecule has 2 rings (SSSR count). The molecule has 0 heterocycles. The lowest BCUT2D eigenvalue weighted by Gasteiger charge is -2.09. The van der Waals surface area contributed by atoms with Crippen molar-refractivity contribution in [1.29, 1.82) is 0 Å². The summed E-state index contributed by atoms with van der Waals surface area (Å²) in [5.74, 6) is 0. The van der Waals surface area contributed by atoms with Gasteiger partial charge in [-0.25, -0.2) is 9.59 Å². The number of carbonyl (C=O) groups is 2. The van der Waals surface area contributed by atoms with E-state index in [2.05, 4.69) is 21.3 Å². The fraction of sp³-hybridized carbons (Fsp3) is 0.364. The minimum Gasteiger partial charge on any atom is -0.338 e. The summed E-state index contributed by atoms with van der Waals surface area (Å²) in [7, 11) is 0. The van der Waals surface area contributed by atoms with E-state index in [1.54, 1.807) is 12.1 Å². The maximum atomic E-state index is 11.9. The molecule has 4 amide bonds. The minimum atomic E-state index is -0.246. The van der Waals surface area contributed by atoms with Crippen molar-refractivity contribution in [3.05, 3.63) is 57.6 Å². The van der Waals surface area contributed by atoms with Gasteiger partial charge in [0.25, 0.3) is 0 Å². The lowest BCUT2D eigenvalue weighted by atomic mass is 10.2. The van der Waals surface area contributed by atoms with E-state index in [1.807, 2.05) is 38.1 Å². The highest BCUT2D eigenvalue weighted by Gasteiger charge is 2.04. The number of benzene rings is 2. The van der Waals surface area contributed by atoms with Gasteiger partial charge >= 0.3 is 12.1 Å². The summed E-state index contributed by atoms with van der Waals surface area (Å²) in [6.07, 6.45) is 3.67. The summed E-state index contributed by atoms with van der Waals surface area (Å²) in [6, 6.07) is 10.3. The van der Waals surface area contributed by atoms with Crippen molar-refractivity contribution < 1.29 is 9.59 Å². The van der Waals surface area contributed by atoms with Crippen LogP contribution in [0.2, 0.25) is 10.0 Å². The molecule has 0 aliphatic heterocycles. The lowest BCUT2D eigenvalue weighted by molar-refractivity contribution is 0.250. The van der Waals surface area contributed by atoms with Gasteiger partial charge in [-0.05, 0) is 62.1 Å². The molecule has 0 aliphatic rings. The Kier molecular flexibility index (Phi) is 9.77. The second-order valence-corrected chi connectivity index (χ2v) is 7.92. The maximum Gasteiger partial charge on any atom is 0.319 e. The van der Waals surface area contributed by atoms with Gasteiger partial charge in [0.15, 0.2) is 0 Å². The van der Waals surface area contributed by atoms with Gasteiger partial charge in [0.05, 0.1) is 0 Å². The number of amides is 4. The molecule has 30 heavy (non-hydrogen) atoms. The van der Waals surface area contributed by atoms with Crippen LogP contribution in [0.4, 0.5) is 21.0 Å². The molecule has 0 spiro atoms. The molecule has 8 heteroatoms. The quantitative estimate of drug-likeness (QED) is 0.347. The zero-order valence-corrected chi connectivity index (χ0v) is 18.8. The third-order valence-electron chi connectivity index (χ3n) is 4.53. The number of unbranched alkanes of at least 4 members (excludes halogenated alkanes) is 3. The van der Waals surface area contributed by atoms with Crippen molar-refractivity contribution in [2.75, 3.05) is 23.7 Å². The zero-order chi connectivity index (χ0) is 21.9. The number of rotatable bonds is 9. The predicted octanol–water partition coefficient (Wildman–Crippen LogP) is 6.11. The Labute approximate surface area is 187 Å². The molecule has 0 aliphatic carbocycles. The zero-order valence-electron chi connectivity index (χ0n) is 17.3. The van der Waals surface area contributed by atoms with Gasteiger partial charge in [-0.1, -0.05) is 48.2 Å². The topological polar surface area (TPSA) is 82.3 Å². The van der Waals surface area contributed by atoms with Crippen LogP contribution >= 0.6 is 23.2 Å². The predicted molar refractivity (Wildman–Crippen MR) is 125 cm³/mol. The standard InChI is InChI=1S/C22H28Cl2N4O2/c1-15-7-9-17(13-19(15)23)27-21(29)25-11-5-3-4-6-12-26-22(30)28-18-10-8-16(2)20(24)14-18/h7-10,13-14H,3-6,11-12H2,1-2H3,(H2,25,27,29)(H2,26,28,30). The molecule has 0 radical (unpaired) electrons. The molecule has 0 saturated heterocycles. The number of urea groups is 2. The van der Waals surface area contributed by atoms with Crippen molar-refractivity contribution in [2.45, 2.75) is 39.5 Å². The molecule has 4 N–H and O–H groups in total. The maximum absolute atomic E-state index is 11.9. The van der Waals surface area contributed by atoms with Gasteiger partial charge in [0.2, 0.25) is 0 Å². The molecule has 0 bridgehead atoms. The Bertz CT molecular complexity index is 803. The van der Waals surface area contributed by atoms with E-state index < -0.39 is 0 Å². The first-order valence-electron chi connectivity index (χ1n) is 9.97. The van der Waals surface area contributed by atoms with E-state index in [9.17, 15) is 9.59 Å². The van der Waals surface area contributed by atoms with E-state index in [1.165, 1.54) is 0 Å². The summed E-state index contributed by atoms with van der Waals surface area (Å²) in [5.41, 5.74) is 3.27. The minimum absolute atomic E-state index is 0.246. The van der Waals surface area contributed by atoms with Crippen LogP contribution in [0.1, 0.15) is 36.8 Å². The van der Waals surface area contributed by atoms with Crippen LogP contribution in [0.5, 0.6) is 0 Å². The fourth-order valence-electron chi connectivity index (χ4n) is 2.70. The fourth-order valence-corrected chi connectivity index (χ4v) is 3.06. The molecule has 0 aromatic heterocycles. The van der Waals surface area contributed by atoms with E-state index in [4.69, 9.17) is 23.2 Å². The first kappa shape index (κ1) is 23.8. The lowest BCUT2D eigenvalue weighted by Crippen LogP contribution is -2.30. The van der Waals surface area contributed by atoms with Crippen LogP contribution in [0.25, 0.3) is 0 Å². The summed E-state index contributed by atoms with van der Waals surface area (Å²) >= 11 is 12.1. The summed E-state index contributed by atoms with van der Waals surface area (Å²) in [6.45, 7) is 5.00. The highest BCUT2D eigenvalue weighted by atomic mass is 35.5. The Hall–Kier alpha value is -2.44. The molecule has 2 aromatic rings. The van der Waals surface area contributed by atoms with Crippen molar-refractivity contribution in [1.82, 2.24) is 10.6 Å². The van der Waals surface area contributed by atoms with Crippen LogP contribution in [0.15, 0.2) is 36.4 Å². The molecule has 2 aromatic carbocycles. The van der Waals surface area contributed by atoms with Crippen molar-refractivity contribution in [2.24, 2.45) is 0 Å². The molecule has 0 fully saturated rings. The second-order valence-electron chi connectivity index (χ2n) is 7.10. The first-order valence-corrected chi connectivity index (χ1v) is 10.7. The molecule has 0 atom stereocenters. The Morgan fingerprint density at radius 3 is 1.47 bits per heavy atom. The SMILES string of the molecule is Cc1ccc(NC(=O)NCCCCCCNC(=O)Nc2ccc(C)c(Cl)c2)cc1Cl. The van der Waals surface area contributed by atoms with Crippen LogP contribution in [0, 0.1) is 13.8 Å². The van der Waals surface area contributed by atoms with Gasteiger partial charge in [-0.15, -0.1) is 0 Å². The highest BCUT2D eigenvalue weighted by Crippen LogP contribution is 2.20. The van der Waals surface area contributed by atoms with Crippen LogP contribution < -0.4 is 21.3 Å². The number of carbonyl (C=O) groups excluding carboxylic acids is 2. The number of hydrogen-bond donors (Lipinski definition) is 4. The van der Waals surface area contributed by atoms with Gasteiger partial charge in [-0.2, -0.15) is 0 Å².